The standard InChI is InChI=1S/C28H31N3O2S/c1-2-33-27(32)28(30)25-17-19(26(28)34-23-9-4-3-5-10-23)16-24(25)18-7-6-8-22(15-18)31-21-13-11-20(29)12-14-21/h3-15,19,24-26,31H,2,16-17,29-30H2,1H3/t19-,24+,25-,26-,28+/m1/s1. The molecule has 5 rings (SSSR count). The molecule has 2 fully saturated rings. The fourth-order valence-electron chi connectivity index (χ4n) is 5.76. The van der Waals surface area contributed by atoms with Gasteiger partial charge in [-0.1, -0.05) is 30.3 Å². The molecule has 2 bridgehead atoms. The zero-order valence-corrected chi connectivity index (χ0v) is 20.1. The number of hydrogen-bond acceptors (Lipinski definition) is 6. The fraction of sp³-hybridized carbons (Fsp3) is 0.321. The third kappa shape index (κ3) is 4.17. The highest BCUT2D eigenvalue weighted by molar-refractivity contribution is 8.00. The lowest BCUT2D eigenvalue weighted by molar-refractivity contribution is -0.151. The average molecular weight is 474 g/mol. The monoisotopic (exact) mass is 473 g/mol. The van der Waals surface area contributed by atoms with Gasteiger partial charge in [0.15, 0.2) is 0 Å². The first kappa shape index (κ1) is 22.8. The molecule has 6 heteroatoms. The van der Waals surface area contributed by atoms with Crippen LogP contribution in [-0.4, -0.2) is 23.4 Å². The summed E-state index contributed by atoms with van der Waals surface area (Å²) in [6.07, 6.45) is 1.97. The fourth-order valence-corrected chi connectivity index (χ4v) is 7.25. The SMILES string of the molecule is CCOC(=O)[C@]1(N)[C@@H]2C[C@@H](C[C@H]2c2cccc(Nc3ccc(N)cc3)c2)[C@H]1Sc1ccccc1. The summed E-state index contributed by atoms with van der Waals surface area (Å²) in [5.74, 6) is 0.366. The second-order valence-corrected chi connectivity index (χ2v) is 10.5. The summed E-state index contributed by atoms with van der Waals surface area (Å²) in [6.45, 7) is 2.18. The van der Waals surface area contributed by atoms with Crippen molar-refractivity contribution in [2.75, 3.05) is 17.7 Å². The van der Waals surface area contributed by atoms with Crippen molar-refractivity contribution in [3.05, 3.63) is 84.4 Å². The van der Waals surface area contributed by atoms with Crippen molar-refractivity contribution < 1.29 is 9.53 Å². The summed E-state index contributed by atoms with van der Waals surface area (Å²) in [5.41, 5.74) is 15.8. The van der Waals surface area contributed by atoms with Gasteiger partial charge in [-0.2, -0.15) is 0 Å². The van der Waals surface area contributed by atoms with E-state index in [1.165, 1.54) is 5.56 Å². The molecular formula is C28H31N3O2S. The van der Waals surface area contributed by atoms with E-state index in [2.05, 4.69) is 41.7 Å². The Kier molecular flexibility index (Phi) is 6.28. The molecule has 0 spiro atoms. The number of carbonyl (C=O) groups is 1. The van der Waals surface area contributed by atoms with E-state index < -0.39 is 5.54 Å². The van der Waals surface area contributed by atoms with E-state index in [4.69, 9.17) is 16.2 Å². The van der Waals surface area contributed by atoms with Crippen LogP contribution in [0.1, 0.15) is 31.2 Å². The van der Waals surface area contributed by atoms with Gasteiger partial charge in [0.25, 0.3) is 0 Å². The Hall–Kier alpha value is -2.96. The van der Waals surface area contributed by atoms with Crippen molar-refractivity contribution in [1.29, 1.82) is 0 Å². The van der Waals surface area contributed by atoms with Gasteiger partial charge in [0.2, 0.25) is 0 Å². The molecule has 0 radical (unpaired) electrons. The van der Waals surface area contributed by atoms with E-state index >= 15 is 0 Å². The minimum absolute atomic E-state index is 0.00582. The van der Waals surface area contributed by atoms with Gasteiger partial charge in [-0.05, 0) is 91.6 Å². The van der Waals surface area contributed by atoms with Gasteiger partial charge in [-0.25, -0.2) is 0 Å². The average Bonchev–Trinajstić information content (AvgIpc) is 3.40. The number of rotatable bonds is 7. The van der Waals surface area contributed by atoms with Crippen molar-refractivity contribution in [1.82, 2.24) is 0 Å². The number of esters is 1. The first-order valence-corrected chi connectivity index (χ1v) is 12.8. The Morgan fingerprint density at radius 3 is 2.53 bits per heavy atom. The molecule has 34 heavy (non-hydrogen) atoms. The van der Waals surface area contributed by atoms with Gasteiger partial charge in [0, 0.05) is 27.2 Å². The maximum Gasteiger partial charge on any atom is 0.327 e. The van der Waals surface area contributed by atoms with Gasteiger partial charge in [-0.15, -0.1) is 11.8 Å². The van der Waals surface area contributed by atoms with Crippen LogP contribution in [0.3, 0.4) is 0 Å². The zero-order chi connectivity index (χ0) is 23.7. The molecule has 176 valence electrons. The Morgan fingerprint density at radius 1 is 1.03 bits per heavy atom. The zero-order valence-electron chi connectivity index (χ0n) is 19.3. The first-order chi connectivity index (χ1) is 16.5. The number of thioether (sulfide) groups is 1. The highest BCUT2D eigenvalue weighted by Gasteiger charge is 2.65. The lowest BCUT2D eigenvalue weighted by atomic mass is 9.72. The van der Waals surface area contributed by atoms with Crippen LogP contribution in [0.5, 0.6) is 0 Å². The van der Waals surface area contributed by atoms with Crippen molar-refractivity contribution in [3.8, 4) is 0 Å². The molecule has 0 unspecified atom stereocenters. The highest BCUT2D eigenvalue weighted by Crippen LogP contribution is 2.61. The number of carbonyl (C=O) groups excluding carboxylic acids is 1. The molecule has 0 aromatic heterocycles. The highest BCUT2D eigenvalue weighted by atomic mass is 32.2. The van der Waals surface area contributed by atoms with Crippen LogP contribution < -0.4 is 16.8 Å². The van der Waals surface area contributed by atoms with Crippen LogP contribution in [0.4, 0.5) is 17.1 Å². The quantitative estimate of drug-likeness (QED) is 0.308. The molecule has 2 aliphatic carbocycles. The molecule has 2 aliphatic rings. The predicted molar refractivity (Wildman–Crippen MR) is 139 cm³/mol. The molecule has 0 amide bonds. The van der Waals surface area contributed by atoms with E-state index in [0.717, 1.165) is 34.8 Å². The topological polar surface area (TPSA) is 90.4 Å². The number of hydrogen-bond donors (Lipinski definition) is 3. The first-order valence-electron chi connectivity index (χ1n) is 11.9. The van der Waals surface area contributed by atoms with Gasteiger partial charge >= 0.3 is 5.97 Å². The molecular weight excluding hydrogens is 442 g/mol. The van der Waals surface area contributed by atoms with E-state index in [9.17, 15) is 4.79 Å². The van der Waals surface area contributed by atoms with E-state index in [1.807, 2.05) is 49.4 Å². The summed E-state index contributed by atoms with van der Waals surface area (Å²) >= 11 is 1.73. The third-order valence-corrected chi connectivity index (χ3v) is 8.83. The maximum atomic E-state index is 13.3. The van der Waals surface area contributed by atoms with Gasteiger partial charge in [0.05, 0.1) is 6.61 Å². The van der Waals surface area contributed by atoms with Crippen LogP contribution in [0.15, 0.2) is 83.8 Å². The van der Waals surface area contributed by atoms with E-state index in [-0.39, 0.29) is 23.1 Å². The van der Waals surface area contributed by atoms with Gasteiger partial charge in [0.1, 0.15) is 5.54 Å². The summed E-state index contributed by atoms with van der Waals surface area (Å²) < 4.78 is 5.55. The second kappa shape index (κ2) is 9.35. The number of fused-ring (bicyclic) bond motifs is 2. The Bertz CT molecular complexity index is 1150. The largest absolute Gasteiger partial charge is 0.465 e. The molecule has 5 nitrogen and oxygen atoms in total. The molecule has 3 aromatic rings. The summed E-state index contributed by atoms with van der Waals surface area (Å²) in [4.78, 5) is 14.4. The Balaban J connectivity index is 1.42. The van der Waals surface area contributed by atoms with Crippen molar-refractivity contribution >= 4 is 34.8 Å². The number of ether oxygens (including phenoxy) is 1. The molecule has 0 aliphatic heterocycles. The molecule has 5 N–H and O–H groups in total. The molecule has 0 saturated heterocycles. The minimum atomic E-state index is -1.01. The maximum absolute atomic E-state index is 13.3. The van der Waals surface area contributed by atoms with Crippen molar-refractivity contribution in [3.63, 3.8) is 0 Å². The number of benzene rings is 3. The number of nitrogen functional groups attached to an aromatic ring is 1. The smallest absolute Gasteiger partial charge is 0.327 e. The van der Waals surface area contributed by atoms with E-state index in [1.54, 1.807) is 11.8 Å². The van der Waals surface area contributed by atoms with Crippen molar-refractivity contribution in [2.45, 2.75) is 41.4 Å². The Morgan fingerprint density at radius 2 is 1.79 bits per heavy atom. The number of nitrogens with two attached hydrogens (primary N) is 2. The van der Waals surface area contributed by atoms with Gasteiger partial charge < -0.3 is 21.5 Å². The number of anilines is 3. The van der Waals surface area contributed by atoms with Crippen molar-refractivity contribution in [2.24, 2.45) is 17.6 Å². The third-order valence-electron chi connectivity index (χ3n) is 7.26. The van der Waals surface area contributed by atoms with Crippen LogP contribution in [0.25, 0.3) is 0 Å². The molecule has 5 atom stereocenters. The number of nitrogens with one attached hydrogen (secondary N) is 1. The molecule has 0 heterocycles. The van der Waals surface area contributed by atoms with E-state index in [0.29, 0.717) is 12.5 Å². The lowest BCUT2D eigenvalue weighted by Gasteiger charge is -2.42. The predicted octanol–water partition coefficient (Wildman–Crippen LogP) is 5.56. The Labute approximate surface area is 205 Å². The van der Waals surface area contributed by atoms with Crippen LogP contribution in [0.2, 0.25) is 0 Å². The van der Waals surface area contributed by atoms with Gasteiger partial charge in [-0.3, -0.25) is 4.79 Å². The molecule has 2 saturated carbocycles. The summed E-state index contributed by atoms with van der Waals surface area (Å²) in [6, 6.07) is 26.4. The lowest BCUT2D eigenvalue weighted by Crippen LogP contribution is -2.61. The summed E-state index contributed by atoms with van der Waals surface area (Å²) in [7, 11) is 0. The normalized spacial score (nSPS) is 27.5. The van der Waals surface area contributed by atoms with Crippen LogP contribution in [-0.2, 0) is 9.53 Å². The van der Waals surface area contributed by atoms with Crippen LogP contribution in [0, 0.1) is 11.8 Å². The minimum Gasteiger partial charge on any atom is -0.465 e. The second-order valence-electron chi connectivity index (χ2n) is 9.32. The summed E-state index contributed by atoms with van der Waals surface area (Å²) in [5, 5.41) is 3.47. The molecule has 3 aromatic carbocycles. The van der Waals surface area contributed by atoms with Crippen LogP contribution >= 0.6 is 11.8 Å².